The molecule has 1 fully saturated rings. The van der Waals surface area contributed by atoms with Crippen molar-refractivity contribution >= 4 is 22.5 Å². The smallest absolute Gasteiger partial charge is 0.345 e. The topological polar surface area (TPSA) is 71.4 Å². The number of carbonyl (C=O) groups is 1. The first-order valence-corrected chi connectivity index (χ1v) is 8.66. The molecule has 2 N–H and O–H groups in total. The molecule has 1 aliphatic rings. The van der Waals surface area contributed by atoms with Crippen molar-refractivity contribution in [1.82, 2.24) is 5.48 Å². The van der Waals surface area contributed by atoms with Gasteiger partial charge >= 0.3 is 5.97 Å². The van der Waals surface area contributed by atoms with Gasteiger partial charge in [0, 0.05) is 12.1 Å². The van der Waals surface area contributed by atoms with Crippen LogP contribution >= 0.6 is 0 Å². The summed E-state index contributed by atoms with van der Waals surface area (Å²) in [4.78, 5) is 18.6. The SMILES string of the molecule is CCOC(=O)C1(c2ccc3ccccc3c2)CC(C(=N)C(C)C)NO1. The minimum atomic E-state index is -1.23. The number of hydroxylamine groups is 1. The minimum Gasteiger partial charge on any atom is -0.464 e. The number of esters is 1. The average Bonchev–Trinajstić information content (AvgIpc) is 3.07. The number of ether oxygens (including phenoxy) is 1. The van der Waals surface area contributed by atoms with E-state index in [0.717, 1.165) is 16.3 Å². The van der Waals surface area contributed by atoms with Crippen molar-refractivity contribution in [1.29, 1.82) is 5.41 Å². The summed E-state index contributed by atoms with van der Waals surface area (Å²) in [7, 11) is 0. The fraction of sp³-hybridized carbons (Fsp3) is 0.400. The summed E-state index contributed by atoms with van der Waals surface area (Å²) < 4.78 is 5.31. The number of benzene rings is 2. The monoisotopic (exact) mass is 340 g/mol. The molecule has 1 heterocycles. The Morgan fingerprint density at radius 3 is 2.72 bits per heavy atom. The van der Waals surface area contributed by atoms with Crippen molar-refractivity contribution in [2.45, 2.75) is 38.8 Å². The molecular formula is C20H24N2O3. The van der Waals surface area contributed by atoms with Gasteiger partial charge < -0.3 is 10.1 Å². The second kappa shape index (κ2) is 6.94. The summed E-state index contributed by atoms with van der Waals surface area (Å²) in [6.07, 6.45) is 0.348. The Morgan fingerprint density at radius 2 is 2.04 bits per heavy atom. The summed E-state index contributed by atoms with van der Waals surface area (Å²) in [5.41, 5.74) is 2.93. The lowest BCUT2D eigenvalue weighted by molar-refractivity contribution is -0.174. The fourth-order valence-electron chi connectivity index (χ4n) is 3.23. The van der Waals surface area contributed by atoms with E-state index in [1.807, 2.05) is 56.3 Å². The quantitative estimate of drug-likeness (QED) is 0.645. The van der Waals surface area contributed by atoms with Crippen LogP contribution in [0.15, 0.2) is 42.5 Å². The number of rotatable bonds is 5. The zero-order chi connectivity index (χ0) is 18.0. The lowest BCUT2D eigenvalue weighted by atomic mass is 9.84. The standard InChI is InChI=1S/C20H24N2O3/c1-4-24-19(23)20(12-17(22-25-20)18(21)13(2)3)16-10-9-14-7-5-6-8-15(14)11-16/h5-11,13,17,21-22H,4,12H2,1-3H3. The van der Waals surface area contributed by atoms with Crippen LogP contribution in [0.3, 0.4) is 0 Å². The molecule has 2 aromatic rings. The van der Waals surface area contributed by atoms with E-state index in [-0.39, 0.29) is 18.6 Å². The molecule has 2 atom stereocenters. The third kappa shape index (κ3) is 3.17. The van der Waals surface area contributed by atoms with Crippen LogP contribution in [0.1, 0.15) is 32.8 Å². The van der Waals surface area contributed by atoms with Gasteiger partial charge in [-0.2, -0.15) is 5.48 Å². The number of fused-ring (bicyclic) bond motifs is 1. The molecule has 0 saturated carbocycles. The van der Waals surface area contributed by atoms with E-state index >= 15 is 0 Å². The first kappa shape index (κ1) is 17.6. The van der Waals surface area contributed by atoms with Crippen molar-refractivity contribution in [3.63, 3.8) is 0 Å². The number of hydrogen-bond acceptors (Lipinski definition) is 5. The highest BCUT2D eigenvalue weighted by atomic mass is 16.7. The fourth-order valence-corrected chi connectivity index (χ4v) is 3.23. The predicted molar refractivity (Wildman–Crippen MR) is 97.4 cm³/mol. The molecule has 0 aliphatic carbocycles. The second-order valence-corrected chi connectivity index (χ2v) is 6.70. The zero-order valence-corrected chi connectivity index (χ0v) is 14.8. The van der Waals surface area contributed by atoms with Crippen LogP contribution in [0.2, 0.25) is 0 Å². The normalized spacial score (nSPS) is 23.1. The summed E-state index contributed by atoms with van der Waals surface area (Å²) in [5.74, 6) is -0.340. The highest BCUT2D eigenvalue weighted by molar-refractivity contribution is 5.92. The first-order chi connectivity index (χ1) is 12.0. The molecule has 0 amide bonds. The van der Waals surface area contributed by atoms with Crippen LogP contribution in [0.4, 0.5) is 0 Å². The zero-order valence-electron chi connectivity index (χ0n) is 14.8. The second-order valence-electron chi connectivity index (χ2n) is 6.70. The average molecular weight is 340 g/mol. The molecule has 0 spiro atoms. The van der Waals surface area contributed by atoms with Crippen LogP contribution in [-0.2, 0) is 20.0 Å². The summed E-state index contributed by atoms with van der Waals surface area (Å²) in [5, 5.41) is 10.4. The molecule has 0 aromatic heterocycles. The Labute approximate surface area is 147 Å². The molecule has 1 aliphatic heterocycles. The third-order valence-corrected chi connectivity index (χ3v) is 4.69. The molecule has 132 valence electrons. The summed E-state index contributed by atoms with van der Waals surface area (Å²) in [6, 6.07) is 13.5. The highest BCUT2D eigenvalue weighted by Gasteiger charge is 2.51. The van der Waals surface area contributed by atoms with Crippen molar-refractivity contribution < 1.29 is 14.4 Å². The summed E-state index contributed by atoms with van der Waals surface area (Å²) >= 11 is 0. The molecule has 2 unspecified atom stereocenters. The predicted octanol–water partition coefficient (Wildman–Crippen LogP) is 3.57. The van der Waals surface area contributed by atoms with Gasteiger partial charge in [-0.05, 0) is 35.2 Å². The van der Waals surface area contributed by atoms with E-state index in [2.05, 4.69) is 5.48 Å². The van der Waals surface area contributed by atoms with E-state index in [1.165, 1.54) is 0 Å². The van der Waals surface area contributed by atoms with Gasteiger partial charge in [0.15, 0.2) is 0 Å². The van der Waals surface area contributed by atoms with Gasteiger partial charge in [0.05, 0.1) is 12.6 Å². The van der Waals surface area contributed by atoms with Gasteiger partial charge in [0.25, 0.3) is 0 Å². The van der Waals surface area contributed by atoms with Gasteiger partial charge in [0.2, 0.25) is 5.60 Å². The van der Waals surface area contributed by atoms with Crippen LogP contribution in [0.25, 0.3) is 10.8 Å². The molecule has 1 saturated heterocycles. The third-order valence-electron chi connectivity index (χ3n) is 4.69. The van der Waals surface area contributed by atoms with Crippen molar-refractivity contribution in [3.8, 4) is 0 Å². The van der Waals surface area contributed by atoms with Crippen LogP contribution in [0.5, 0.6) is 0 Å². The lowest BCUT2D eigenvalue weighted by Gasteiger charge is -2.25. The Morgan fingerprint density at radius 1 is 1.32 bits per heavy atom. The maximum Gasteiger partial charge on any atom is 0.345 e. The van der Waals surface area contributed by atoms with Gasteiger partial charge in [-0.25, -0.2) is 4.79 Å². The largest absolute Gasteiger partial charge is 0.464 e. The van der Waals surface area contributed by atoms with E-state index in [1.54, 1.807) is 6.92 Å². The Kier molecular flexibility index (Phi) is 4.88. The van der Waals surface area contributed by atoms with Crippen molar-refractivity contribution in [2.24, 2.45) is 5.92 Å². The van der Waals surface area contributed by atoms with Gasteiger partial charge in [-0.15, -0.1) is 0 Å². The maximum atomic E-state index is 12.8. The number of hydrogen-bond donors (Lipinski definition) is 2. The van der Waals surface area contributed by atoms with E-state index in [9.17, 15) is 4.79 Å². The van der Waals surface area contributed by atoms with E-state index in [4.69, 9.17) is 15.0 Å². The number of carbonyl (C=O) groups excluding carboxylic acids is 1. The lowest BCUT2D eigenvalue weighted by Crippen LogP contribution is -2.38. The minimum absolute atomic E-state index is 0.0794. The Hall–Kier alpha value is -2.24. The molecule has 2 aromatic carbocycles. The van der Waals surface area contributed by atoms with E-state index < -0.39 is 11.6 Å². The van der Waals surface area contributed by atoms with Gasteiger partial charge in [0.1, 0.15) is 0 Å². The molecule has 5 heteroatoms. The summed E-state index contributed by atoms with van der Waals surface area (Å²) in [6.45, 7) is 5.99. The molecule has 0 bridgehead atoms. The van der Waals surface area contributed by atoms with Gasteiger partial charge in [-0.1, -0.05) is 50.2 Å². The maximum absolute atomic E-state index is 12.8. The Balaban J connectivity index is 2.02. The van der Waals surface area contributed by atoms with Crippen LogP contribution < -0.4 is 5.48 Å². The molecule has 3 rings (SSSR count). The van der Waals surface area contributed by atoms with Crippen LogP contribution in [-0.4, -0.2) is 24.3 Å². The van der Waals surface area contributed by atoms with Crippen molar-refractivity contribution in [2.75, 3.05) is 6.61 Å². The van der Waals surface area contributed by atoms with E-state index in [0.29, 0.717) is 12.1 Å². The molecular weight excluding hydrogens is 316 g/mol. The molecule has 25 heavy (non-hydrogen) atoms. The molecule has 0 radical (unpaired) electrons. The van der Waals surface area contributed by atoms with Gasteiger partial charge in [-0.3, -0.25) is 4.84 Å². The first-order valence-electron chi connectivity index (χ1n) is 8.66. The molecule has 5 nitrogen and oxygen atoms in total. The number of nitrogens with one attached hydrogen (secondary N) is 2. The Bertz CT molecular complexity index is 802. The highest BCUT2D eigenvalue weighted by Crippen LogP contribution is 2.38. The van der Waals surface area contributed by atoms with Crippen LogP contribution in [0, 0.1) is 11.3 Å². The van der Waals surface area contributed by atoms with Crippen molar-refractivity contribution in [3.05, 3.63) is 48.0 Å².